The smallest absolute Gasteiger partial charge is 0.319 e. The van der Waals surface area contributed by atoms with Crippen LogP contribution in [0.2, 0.25) is 0 Å². The lowest BCUT2D eigenvalue weighted by molar-refractivity contribution is 0.0968. The third kappa shape index (κ3) is 5.32. The number of carbonyl (C=O) groups is 2. The number of hydrogen-bond donors (Lipinski definition) is 4. The van der Waals surface area contributed by atoms with Crippen LogP contribution >= 0.6 is 11.3 Å². The number of hydrogen-bond acceptors (Lipinski definition) is 5. The average molecular weight is 410 g/mol. The quantitative estimate of drug-likeness (QED) is 0.476. The van der Waals surface area contributed by atoms with Crippen LogP contribution in [0.4, 0.5) is 16.2 Å². The van der Waals surface area contributed by atoms with E-state index in [-0.39, 0.29) is 11.9 Å². The molecule has 0 unspecified atom stereocenters. The fourth-order valence-corrected chi connectivity index (χ4v) is 3.80. The molecule has 3 rings (SSSR count). The Morgan fingerprint density at radius 1 is 1.14 bits per heavy atom. The van der Waals surface area contributed by atoms with Crippen molar-refractivity contribution in [3.8, 4) is 10.4 Å². The van der Waals surface area contributed by atoms with Crippen molar-refractivity contribution in [2.75, 3.05) is 24.2 Å². The van der Waals surface area contributed by atoms with E-state index in [0.29, 0.717) is 17.1 Å². The normalized spacial score (nSPS) is 10.3. The zero-order chi connectivity index (χ0) is 20.6. The number of anilines is 2. The number of nitrogens with one attached hydrogen (secondary N) is 4. The molecule has 8 heteroatoms. The van der Waals surface area contributed by atoms with Crippen molar-refractivity contribution in [1.82, 2.24) is 15.6 Å². The van der Waals surface area contributed by atoms with Crippen molar-refractivity contribution in [3.63, 3.8) is 0 Å². The first kappa shape index (κ1) is 20.3. The van der Waals surface area contributed by atoms with Gasteiger partial charge in [-0.2, -0.15) is 0 Å². The van der Waals surface area contributed by atoms with Gasteiger partial charge in [0, 0.05) is 43.1 Å². The lowest BCUT2D eigenvalue weighted by atomic mass is 10.1. The van der Waals surface area contributed by atoms with Gasteiger partial charge in [0.2, 0.25) is 0 Å². The molecule has 0 aliphatic rings. The molecule has 3 amide bonds. The van der Waals surface area contributed by atoms with Crippen LogP contribution in [0.5, 0.6) is 0 Å². The van der Waals surface area contributed by atoms with Crippen LogP contribution in [0.25, 0.3) is 10.4 Å². The first-order valence-electron chi connectivity index (χ1n) is 9.24. The molecule has 1 aromatic carbocycles. The van der Waals surface area contributed by atoms with Gasteiger partial charge in [-0.25, -0.2) is 4.79 Å². The zero-order valence-corrected chi connectivity index (χ0v) is 17.1. The van der Waals surface area contributed by atoms with E-state index in [9.17, 15) is 9.59 Å². The Labute approximate surface area is 173 Å². The van der Waals surface area contributed by atoms with Gasteiger partial charge < -0.3 is 21.3 Å². The molecule has 4 N–H and O–H groups in total. The molecule has 0 atom stereocenters. The fraction of sp³-hybridized carbons (Fsp3) is 0.190. The number of urea groups is 1. The number of thiophene rings is 1. The monoisotopic (exact) mass is 409 g/mol. The summed E-state index contributed by atoms with van der Waals surface area (Å²) in [6.07, 6.45) is 3.41. The molecule has 0 saturated carbocycles. The first-order valence-corrected chi connectivity index (χ1v) is 10.1. The molecule has 0 fully saturated rings. The van der Waals surface area contributed by atoms with Crippen molar-refractivity contribution in [2.45, 2.75) is 13.5 Å². The number of amides is 3. The van der Waals surface area contributed by atoms with Crippen molar-refractivity contribution < 1.29 is 9.59 Å². The lowest BCUT2D eigenvalue weighted by Gasteiger charge is -2.08. The average Bonchev–Trinajstić information content (AvgIpc) is 3.17. The van der Waals surface area contributed by atoms with Crippen LogP contribution in [0.3, 0.4) is 0 Å². The van der Waals surface area contributed by atoms with Gasteiger partial charge >= 0.3 is 6.03 Å². The molecule has 0 spiro atoms. The van der Waals surface area contributed by atoms with Crippen LogP contribution in [0.1, 0.15) is 22.2 Å². The molecule has 0 radical (unpaired) electrons. The summed E-state index contributed by atoms with van der Waals surface area (Å²) < 4.78 is 0. The molecule has 29 heavy (non-hydrogen) atoms. The van der Waals surface area contributed by atoms with E-state index >= 15 is 0 Å². The third-order valence-corrected chi connectivity index (χ3v) is 5.32. The van der Waals surface area contributed by atoms with Crippen molar-refractivity contribution in [2.24, 2.45) is 0 Å². The summed E-state index contributed by atoms with van der Waals surface area (Å²) >= 11 is 1.43. The number of carbonyl (C=O) groups excluding carboxylic acids is 2. The molecular weight excluding hydrogens is 386 g/mol. The van der Waals surface area contributed by atoms with Gasteiger partial charge in [-0.1, -0.05) is 18.2 Å². The topological polar surface area (TPSA) is 95.2 Å². The van der Waals surface area contributed by atoms with E-state index in [1.807, 2.05) is 49.4 Å². The number of aromatic nitrogens is 1. The molecule has 3 aromatic rings. The molecule has 0 aliphatic carbocycles. The van der Waals surface area contributed by atoms with E-state index in [4.69, 9.17) is 0 Å². The Morgan fingerprint density at radius 2 is 1.93 bits per heavy atom. The highest BCUT2D eigenvalue weighted by atomic mass is 32.1. The van der Waals surface area contributed by atoms with Gasteiger partial charge in [0.1, 0.15) is 4.88 Å². The lowest BCUT2D eigenvalue weighted by Crippen LogP contribution is -2.28. The number of pyridine rings is 1. The minimum atomic E-state index is -0.283. The van der Waals surface area contributed by atoms with Gasteiger partial charge in [0.05, 0.1) is 5.69 Å². The Hall–Kier alpha value is -3.39. The maximum atomic E-state index is 12.1. The highest BCUT2D eigenvalue weighted by Gasteiger charge is 2.15. The molecule has 0 bridgehead atoms. The second-order valence-electron chi connectivity index (χ2n) is 6.21. The molecule has 7 nitrogen and oxygen atoms in total. The van der Waals surface area contributed by atoms with Crippen molar-refractivity contribution in [1.29, 1.82) is 0 Å². The van der Waals surface area contributed by atoms with Crippen molar-refractivity contribution >= 4 is 34.6 Å². The molecule has 2 heterocycles. The molecule has 0 saturated heterocycles. The van der Waals surface area contributed by atoms with Crippen LogP contribution in [0, 0.1) is 0 Å². The summed E-state index contributed by atoms with van der Waals surface area (Å²) in [5, 5.41) is 11.5. The van der Waals surface area contributed by atoms with E-state index in [0.717, 1.165) is 28.2 Å². The number of nitrogens with zero attached hydrogens (tertiary/aromatic N) is 1. The third-order valence-electron chi connectivity index (χ3n) is 4.14. The van der Waals surface area contributed by atoms with E-state index in [1.54, 1.807) is 19.4 Å². The Bertz CT molecular complexity index is 970. The highest BCUT2D eigenvalue weighted by molar-refractivity contribution is 7.18. The predicted octanol–water partition coefficient (Wildman–Crippen LogP) is 3.92. The van der Waals surface area contributed by atoms with Gasteiger partial charge in [-0.05, 0) is 42.3 Å². The SMILES string of the molecule is CCNc1cc(-c2ccc(NC(=O)NCc3cccnc3)cc2)sc1C(=O)NC. The zero-order valence-electron chi connectivity index (χ0n) is 16.3. The maximum Gasteiger partial charge on any atom is 0.319 e. The molecule has 150 valence electrons. The number of benzene rings is 1. The summed E-state index contributed by atoms with van der Waals surface area (Å²) in [7, 11) is 1.62. The van der Waals surface area contributed by atoms with Crippen molar-refractivity contribution in [3.05, 3.63) is 65.3 Å². The predicted molar refractivity (Wildman–Crippen MR) is 117 cm³/mol. The maximum absolute atomic E-state index is 12.1. The van der Waals surface area contributed by atoms with E-state index in [1.165, 1.54) is 11.3 Å². The molecule has 2 aromatic heterocycles. The first-order chi connectivity index (χ1) is 14.1. The summed E-state index contributed by atoms with van der Waals surface area (Å²) in [5.41, 5.74) is 3.42. The van der Waals surface area contributed by atoms with Crippen LogP contribution in [-0.2, 0) is 6.54 Å². The van der Waals surface area contributed by atoms with Gasteiger partial charge in [0.15, 0.2) is 0 Å². The van der Waals surface area contributed by atoms with Gasteiger partial charge in [-0.3, -0.25) is 9.78 Å². The molecule has 0 aliphatic heterocycles. The van der Waals surface area contributed by atoms with Crippen LogP contribution < -0.4 is 21.3 Å². The standard InChI is InChI=1S/C21H23N5O2S/c1-3-24-17-11-18(29-19(17)20(27)22-2)15-6-8-16(9-7-15)26-21(28)25-13-14-5-4-10-23-12-14/h4-12,24H,3,13H2,1-2H3,(H,22,27)(H2,25,26,28). The van der Waals surface area contributed by atoms with Crippen LogP contribution in [0.15, 0.2) is 54.9 Å². The second-order valence-corrected chi connectivity index (χ2v) is 7.26. The summed E-state index contributed by atoms with van der Waals surface area (Å²) in [4.78, 5) is 29.8. The largest absolute Gasteiger partial charge is 0.384 e. The Morgan fingerprint density at radius 3 is 2.59 bits per heavy atom. The Balaban J connectivity index is 1.65. The van der Waals surface area contributed by atoms with E-state index < -0.39 is 0 Å². The number of rotatable bonds is 7. The minimum absolute atomic E-state index is 0.110. The van der Waals surface area contributed by atoms with Gasteiger partial charge in [-0.15, -0.1) is 11.3 Å². The summed E-state index contributed by atoms with van der Waals surface area (Å²) in [5.74, 6) is -0.110. The summed E-state index contributed by atoms with van der Waals surface area (Å²) in [6, 6.07) is 12.9. The fourth-order valence-electron chi connectivity index (χ4n) is 2.72. The second kappa shape index (κ2) is 9.70. The van der Waals surface area contributed by atoms with Gasteiger partial charge in [0.25, 0.3) is 5.91 Å². The molecular formula is C21H23N5O2S. The summed E-state index contributed by atoms with van der Waals surface area (Å²) in [6.45, 7) is 3.13. The highest BCUT2D eigenvalue weighted by Crippen LogP contribution is 2.35. The van der Waals surface area contributed by atoms with Crippen LogP contribution in [-0.4, -0.2) is 30.5 Å². The van der Waals surface area contributed by atoms with E-state index in [2.05, 4.69) is 26.3 Å². The minimum Gasteiger partial charge on any atom is -0.384 e. The Kier molecular flexibility index (Phi) is 6.80.